The van der Waals surface area contributed by atoms with Crippen LogP contribution in [0.1, 0.15) is 46.5 Å². The smallest absolute Gasteiger partial charge is 0.329 e. The van der Waals surface area contributed by atoms with Crippen LogP contribution >= 0.6 is 0 Å². The van der Waals surface area contributed by atoms with Gasteiger partial charge < -0.3 is 14.9 Å². The molecule has 2 aliphatic heterocycles. The maximum Gasteiger partial charge on any atom is 0.329 e. The van der Waals surface area contributed by atoms with E-state index in [4.69, 9.17) is 0 Å². The lowest BCUT2D eigenvalue weighted by atomic mass is 9.87. The van der Waals surface area contributed by atoms with Crippen molar-refractivity contribution in [2.24, 2.45) is 11.8 Å². The van der Waals surface area contributed by atoms with Gasteiger partial charge in [-0.3, -0.25) is 0 Å². The summed E-state index contributed by atoms with van der Waals surface area (Å²) in [6, 6.07) is -0.0895. The molecular formula is C15H26N2O3. The van der Waals surface area contributed by atoms with Gasteiger partial charge in [-0.15, -0.1) is 0 Å². The number of carboxylic acid groups (broad SMARTS) is 1. The zero-order valence-electron chi connectivity index (χ0n) is 12.8. The van der Waals surface area contributed by atoms with Crippen molar-refractivity contribution in [3.63, 3.8) is 0 Å². The fourth-order valence-electron chi connectivity index (χ4n) is 3.26. The summed E-state index contributed by atoms with van der Waals surface area (Å²) in [4.78, 5) is 27.7. The average Bonchev–Trinajstić information content (AvgIpc) is 2.41. The Bertz CT molecular complexity index is 399. The van der Waals surface area contributed by atoms with Crippen molar-refractivity contribution in [1.82, 2.24) is 9.80 Å². The number of hydrogen-bond donors (Lipinski definition) is 1. The highest BCUT2D eigenvalue weighted by molar-refractivity contribution is 5.86. The van der Waals surface area contributed by atoms with Gasteiger partial charge in [0.25, 0.3) is 0 Å². The van der Waals surface area contributed by atoms with Gasteiger partial charge in [0.2, 0.25) is 0 Å². The summed E-state index contributed by atoms with van der Waals surface area (Å²) in [7, 11) is 0. The highest BCUT2D eigenvalue weighted by atomic mass is 16.4. The van der Waals surface area contributed by atoms with E-state index in [1.165, 1.54) is 0 Å². The van der Waals surface area contributed by atoms with Crippen molar-refractivity contribution in [2.75, 3.05) is 19.6 Å². The van der Waals surface area contributed by atoms with Gasteiger partial charge in [0.05, 0.1) is 0 Å². The standard InChI is InChI=1S/C15H26N2O3/c1-11-6-9-16(10-12(11)2)14(20)17-8-5-4-7-15(17,3)13(18)19/h11-12H,4-10H2,1-3H3,(H,18,19). The first-order chi connectivity index (χ1) is 9.36. The molecule has 2 aliphatic rings. The highest BCUT2D eigenvalue weighted by Crippen LogP contribution is 2.31. The van der Waals surface area contributed by atoms with E-state index < -0.39 is 11.5 Å². The number of rotatable bonds is 1. The molecule has 3 atom stereocenters. The molecule has 0 bridgehead atoms. The zero-order chi connectivity index (χ0) is 14.9. The molecule has 5 nitrogen and oxygen atoms in total. The first kappa shape index (κ1) is 15.1. The Morgan fingerprint density at radius 2 is 1.85 bits per heavy atom. The number of nitrogens with zero attached hydrogens (tertiary/aromatic N) is 2. The minimum atomic E-state index is -1.04. The zero-order valence-corrected chi connectivity index (χ0v) is 12.8. The molecule has 2 amide bonds. The lowest BCUT2D eigenvalue weighted by Crippen LogP contribution is -2.61. The third-order valence-electron chi connectivity index (χ3n) is 5.19. The summed E-state index contributed by atoms with van der Waals surface area (Å²) in [5.41, 5.74) is -1.04. The molecule has 2 saturated heterocycles. The average molecular weight is 282 g/mol. The fourth-order valence-corrected chi connectivity index (χ4v) is 3.26. The largest absolute Gasteiger partial charge is 0.480 e. The van der Waals surface area contributed by atoms with Gasteiger partial charge in [0.15, 0.2) is 0 Å². The molecule has 0 aromatic heterocycles. The second-order valence-electron chi connectivity index (χ2n) is 6.66. The van der Waals surface area contributed by atoms with E-state index in [2.05, 4.69) is 13.8 Å². The molecule has 114 valence electrons. The molecule has 0 spiro atoms. The molecule has 2 fully saturated rings. The van der Waals surface area contributed by atoms with Crippen LogP contribution in [-0.2, 0) is 4.79 Å². The van der Waals surface area contributed by atoms with E-state index in [0.717, 1.165) is 32.4 Å². The van der Waals surface area contributed by atoms with E-state index in [0.29, 0.717) is 24.8 Å². The SMILES string of the molecule is CC1CCN(C(=O)N2CCCCC2(C)C(=O)O)CC1C. The first-order valence-electron chi connectivity index (χ1n) is 7.66. The highest BCUT2D eigenvalue weighted by Gasteiger charge is 2.45. The summed E-state index contributed by atoms with van der Waals surface area (Å²) >= 11 is 0. The second-order valence-corrected chi connectivity index (χ2v) is 6.66. The molecule has 0 aromatic carbocycles. The molecule has 3 unspecified atom stereocenters. The van der Waals surface area contributed by atoms with E-state index in [9.17, 15) is 14.7 Å². The Morgan fingerprint density at radius 1 is 1.15 bits per heavy atom. The second kappa shape index (κ2) is 5.62. The predicted molar refractivity (Wildman–Crippen MR) is 76.5 cm³/mol. The Labute approximate surface area is 120 Å². The Morgan fingerprint density at radius 3 is 2.45 bits per heavy atom. The van der Waals surface area contributed by atoms with E-state index in [1.807, 2.05) is 4.90 Å². The van der Waals surface area contributed by atoms with E-state index >= 15 is 0 Å². The van der Waals surface area contributed by atoms with Crippen LogP contribution in [-0.4, -0.2) is 52.1 Å². The monoisotopic (exact) mass is 282 g/mol. The van der Waals surface area contributed by atoms with E-state index in [1.54, 1.807) is 11.8 Å². The molecular weight excluding hydrogens is 256 g/mol. The summed E-state index contributed by atoms with van der Waals surface area (Å²) in [5, 5.41) is 9.50. The number of urea groups is 1. The number of hydrogen-bond acceptors (Lipinski definition) is 2. The molecule has 2 rings (SSSR count). The third-order valence-corrected chi connectivity index (χ3v) is 5.19. The van der Waals surface area contributed by atoms with Gasteiger partial charge in [-0.05, 0) is 44.4 Å². The van der Waals surface area contributed by atoms with Crippen LogP contribution in [0.5, 0.6) is 0 Å². The van der Waals surface area contributed by atoms with Gasteiger partial charge in [0, 0.05) is 19.6 Å². The first-order valence-corrected chi connectivity index (χ1v) is 7.66. The Balaban J connectivity index is 2.12. The summed E-state index contributed by atoms with van der Waals surface area (Å²) in [5.74, 6) is 0.226. The summed E-state index contributed by atoms with van der Waals surface area (Å²) in [6.07, 6.45) is 3.33. The summed E-state index contributed by atoms with van der Waals surface area (Å²) < 4.78 is 0. The van der Waals surface area contributed by atoms with E-state index in [-0.39, 0.29) is 6.03 Å². The third kappa shape index (κ3) is 2.63. The summed E-state index contributed by atoms with van der Waals surface area (Å²) in [6.45, 7) is 8.11. The number of carbonyl (C=O) groups excluding carboxylic acids is 1. The van der Waals surface area contributed by atoms with Crippen LogP contribution in [0, 0.1) is 11.8 Å². The molecule has 5 heteroatoms. The molecule has 0 aliphatic carbocycles. The molecule has 0 aromatic rings. The molecule has 20 heavy (non-hydrogen) atoms. The van der Waals surface area contributed by atoms with Crippen molar-refractivity contribution < 1.29 is 14.7 Å². The van der Waals surface area contributed by atoms with Crippen molar-refractivity contribution in [2.45, 2.75) is 52.0 Å². The molecule has 0 saturated carbocycles. The topological polar surface area (TPSA) is 60.9 Å². The fraction of sp³-hybridized carbons (Fsp3) is 0.867. The van der Waals surface area contributed by atoms with Crippen LogP contribution < -0.4 is 0 Å². The van der Waals surface area contributed by atoms with Crippen LogP contribution in [0.2, 0.25) is 0 Å². The van der Waals surface area contributed by atoms with Crippen LogP contribution in [0.25, 0.3) is 0 Å². The quantitative estimate of drug-likeness (QED) is 0.803. The minimum absolute atomic E-state index is 0.0895. The normalized spacial score (nSPS) is 35.0. The number of piperidine rings is 2. The lowest BCUT2D eigenvalue weighted by Gasteiger charge is -2.45. The van der Waals surface area contributed by atoms with Gasteiger partial charge in [-0.2, -0.15) is 0 Å². The molecule has 0 radical (unpaired) electrons. The van der Waals surface area contributed by atoms with Crippen molar-refractivity contribution in [1.29, 1.82) is 0 Å². The lowest BCUT2D eigenvalue weighted by molar-refractivity contribution is -0.151. The van der Waals surface area contributed by atoms with Gasteiger partial charge in [-0.1, -0.05) is 13.8 Å². The maximum atomic E-state index is 12.7. The molecule has 2 heterocycles. The minimum Gasteiger partial charge on any atom is -0.480 e. The molecule has 1 N–H and O–H groups in total. The number of carbonyl (C=O) groups is 2. The van der Waals surface area contributed by atoms with Crippen molar-refractivity contribution >= 4 is 12.0 Å². The van der Waals surface area contributed by atoms with Gasteiger partial charge in [0.1, 0.15) is 5.54 Å². The van der Waals surface area contributed by atoms with Crippen LogP contribution in [0.4, 0.5) is 4.79 Å². The predicted octanol–water partition coefficient (Wildman–Crippen LogP) is 2.41. The Hall–Kier alpha value is -1.26. The number of amides is 2. The van der Waals surface area contributed by atoms with Crippen molar-refractivity contribution in [3.8, 4) is 0 Å². The van der Waals surface area contributed by atoms with Crippen LogP contribution in [0.15, 0.2) is 0 Å². The van der Waals surface area contributed by atoms with Gasteiger partial charge in [-0.25, -0.2) is 9.59 Å². The number of carboxylic acids is 1. The van der Waals surface area contributed by atoms with Crippen LogP contribution in [0.3, 0.4) is 0 Å². The Kier molecular flexibility index (Phi) is 4.25. The number of likely N-dealkylation sites (tertiary alicyclic amines) is 2. The maximum absolute atomic E-state index is 12.7. The number of aliphatic carboxylic acids is 1. The van der Waals surface area contributed by atoms with Crippen molar-refractivity contribution in [3.05, 3.63) is 0 Å². The van der Waals surface area contributed by atoms with Gasteiger partial charge >= 0.3 is 12.0 Å².